The highest BCUT2D eigenvalue weighted by Crippen LogP contribution is 2.29. The molecule has 1 aliphatic rings. The Kier molecular flexibility index (Phi) is 4.59. The predicted octanol–water partition coefficient (Wildman–Crippen LogP) is 3.40. The van der Waals surface area contributed by atoms with Gasteiger partial charge in [-0.05, 0) is 36.0 Å². The average Bonchev–Trinajstić information content (AvgIpc) is 2.59. The topological polar surface area (TPSA) is 55.1 Å². The van der Waals surface area contributed by atoms with E-state index in [1.807, 2.05) is 6.07 Å². The second kappa shape index (κ2) is 6.20. The second-order valence-corrected chi connectivity index (χ2v) is 5.42. The summed E-state index contributed by atoms with van der Waals surface area (Å²) in [6.07, 6.45) is 4.69. The normalized spacial score (nSPS) is 16.7. The molecular formula is C16H24N2O. The Bertz CT molecular complexity index is 452. The maximum Gasteiger partial charge on any atom is 0.224 e. The molecule has 1 aliphatic heterocycles. The molecule has 1 aromatic carbocycles. The van der Waals surface area contributed by atoms with E-state index in [0.29, 0.717) is 12.3 Å². The molecule has 3 nitrogen and oxygen atoms in total. The lowest BCUT2D eigenvalue weighted by molar-refractivity contribution is -0.116. The van der Waals surface area contributed by atoms with Crippen LogP contribution in [0.2, 0.25) is 0 Å². The summed E-state index contributed by atoms with van der Waals surface area (Å²) in [5.41, 5.74) is 9.76. The molecule has 2 rings (SSSR count). The molecule has 19 heavy (non-hydrogen) atoms. The molecule has 1 aromatic rings. The minimum absolute atomic E-state index is 0.0965. The van der Waals surface area contributed by atoms with Gasteiger partial charge in [0.25, 0.3) is 0 Å². The molecule has 0 radical (unpaired) electrons. The highest BCUT2D eigenvalue weighted by Gasteiger charge is 2.19. The third-order valence-electron chi connectivity index (χ3n) is 4.19. The Hall–Kier alpha value is -1.35. The van der Waals surface area contributed by atoms with Crippen LogP contribution in [0.5, 0.6) is 0 Å². The monoisotopic (exact) mass is 260 g/mol. The summed E-state index contributed by atoms with van der Waals surface area (Å²) < 4.78 is 0. The smallest absolute Gasteiger partial charge is 0.224 e. The first kappa shape index (κ1) is 14.1. The van der Waals surface area contributed by atoms with Crippen LogP contribution in [-0.2, 0) is 11.2 Å². The van der Waals surface area contributed by atoms with E-state index in [9.17, 15) is 4.79 Å². The van der Waals surface area contributed by atoms with Gasteiger partial charge in [0.1, 0.15) is 0 Å². The maximum atomic E-state index is 11.5. The number of aryl methyl sites for hydroxylation is 1. The molecule has 104 valence electrons. The molecule has 1 unspecified atom stereocenters. The van der Waals surface area contributed by atoms with Crippen molar-refractivity contribution in [2.45, 2.75) is 52.0 Å². The highest BCUT2D eigenvalue weighted by molar-refractivity contribution is 5.92. The second-order valence-electron chi connectivity index (χ2n) is 5.42. The number of nitrogens with one attached hydrogen (secondary N) is 1. The van der Waals surface area contributed by atoms with Crippen molar-refractivity contribution < 1.29 is 4.79 Å². The van der Waals surface area contributed by atoms with E-state index in [1.165, 1.54) is 11.1 Å². The van der Waals surface area contributed by atoms with Gasteiger partial charge < -0.3 is 11.1 Å². The van der Waals surface area contributed by atoms with Gasteiger partial charge >= 0.3 is 0 Å². The number of benzene rings is 1. The third-order valence-corrected chi connectivity index (χ3v) is 4.19. The maximum absolute atomic E-state index is 11.5. The minimum Gasteiger partial charge on any atom is -0.326 e. The van der Waals surface area contributed by atoms with E-state index in [1.54, 1.807) is 0 Å². The van der Waals surface area contributed by atoms with Crippen LogP contribution in [0.25, 0.3) is 0 Å². The fraction of sp³-hybridized carbons (Fsp3) is 0.562. The number of amides is 1. The summed E-state index contributed by atoms with van der Waals surface area (Å²) in [6, 6.07) is 6.35. The van der Waals surface area contributed by atoms with Gasteiger partial charge in [-0.2, -0.15) is 0 Å². The van der Waals surface area contributed by atoms with E-state index in [0.717, 1.165) is 31.4 Å². The average molecular weight is 260 g/mol. The summed E-state index contributed by atoms with van der Waals surface area (Å²) in [7, 11) is 0. The van der Waals surface area contributed by atoms with Gasteiger partial charge in [0.05, 0.1) is 0 Å². The van der Waals surface area contributed by atoms with E-state index < -0.39 is 0 Å². The molecule has 0 spiro atoms. The lowest BCUT2D eigenvalue weighted by Gasteiger charge is -2.22. The number of rotatable bonds is 4. The van der Waals surface area contributed by atoms with E-state index in [2.05, 4.69) is 31.3 Å². The van der Waals surface area contributed by atoms with Crippen molar-refractivity contribution in [3.8, 4) is 0 Å². The van der Waals surface area contributed by atoms with Gasteiger partial charge in [-0.25, -0.2) is 0 Å². The molecular weight excluding hydrogens is 236 g/mol. The SMILES string of the molecule is CCC(CC)C(N)c1ccc2c(c1)CCCC(=O)N2. The van der Waals surface area contributed by atoms with Crippen molar-refractivity contribution in [1.82, 2.24) is 0 Å². The molecule has 0 bridgehead atoms. The van der Waals surface area contributed by atoms with Gasteiger partial charge in [-0.1, -0.05) is 38.8 Å². The molecule has 1 atom stereocenters. The number of hydrogen-bond donors (Lipinski definition) is 2. The number of anilines is 1. The molecule has 3 N–H and O–H groups in total. The number of carbonyl (C=O) groups is 1. The van der Waals surface area contributed by atoms with Crippen molar-refractivity contribution >= 4 is 11.6 Å². The lowest BCUT2D eigenvalue weighted by atomic mass is 9.88. The van der Waals surface area contributed by atoms with Crippen molar-refractivity contribution in [2.75, 3.05) is 5.32 Å². The first-order valence-electron chi connectivity index (χ1n) is 7.34. The van der Waals surface area contributed by atoms with Crippen LogP contribution < -0.4 is 11.1 Å². The summed E-state index contributed by atoms with van der Waals surface area (Å²) in [5, 5.41) is 2.97. The Morgan fingerprint density at radius 3 is 2.68 bits per heavy atom. The number of nitrogens with two attached hydrogens (primary N) is 1. The lowest BCUT2D eigenvalue weighted by Crippen LogP contribution is -2.20. The van der Waals surface area contributed by atoms with E-state index >= 15 is 0 Å². The molecule has 0 fully saturated rings. The first-order chi connectivity index (χ1) is 9.15. The van der Waals surface area contributed by atoms with Crippen molar-refractivity contribution in [3.05, 3.63) is 29.3 Å². The van der Waals surface area contributed by atoms with E-state index in [-0.39, 0.29) is 11.9 Å². The first-order valence-corrected chi connectivity index (χ1v) is 7.34. The predicted molar refractivity (Wildman–Crippen MR) is 79.0 cm³/mol. The van der Waals surface area contributed by atoms with Gasteiger partial charge in [0.15, 0.2) is 0 Å². The minimum atomic E-state index is 0.0965. The van der Waals surface area contributed by atoms with Crippen LogP contribution in [0.4, 0.5) is 5.69 Å². The van der Waals surface area contributed by atoms with Gasteiger partial charge in [0.2, 0.25) is 5.91 Å². The molecule has 1 heterocycles. The fourth-order valence-corrected chi connectivity index (χ4v) is 2.87. The Morgan fingerprint density at radius 2 is 2.00 bits per heavy atom. The number of hydrogen-bond acceptors (Lipinski definition) is 2. The summed E-state index contributed by atoms with van der Waals surface area (Å²) in [5.74, 6) is 0.647. The Labute approximate surface area is 115 Å². The summed E-state index contributed by atoms with van der Waals surface area (Å²) >= 11 is 0. The highest BCUT2D eigenvalue weighted by atomic mass is 16.1. The summed E-state index contributed by atoms with van der Waals surface area (Å²) in [6.45, 7) is 4.38. The zero-order valence-electron chi connectivity index (χ0n) is 11.9. The van der Waals surface area contributed by atoms with Crippen LogP contribution in [0, 0.1) is 5.92 Å². The van der Waals surface area contributed by atoms with Crippen LogP contribution in [0.1, 0.15) is 56.7 Å². The van der Waals surface area contributed by atoms with Crippen LogP contribution >= 0.6 is 0 Å². The van der Waals surface area contributed by atoms with Crippen LogP contribution in [0.15, 0.2) is 18.2 Å². The van der Waals surface area contributed by atoms with Gasteiger partial charge in [0, 0.05) is 18.2 Å². The van der Waals surface area contributed by atoms with Gasteiger partial charge in [-0.15, -0.1) is 0 Å². The third kappa shape index (κ3) is 3.16. The molecule has 0 aliphatic carbocycles. The van der Waals surface area contributed by atoms with Crippen molar-refractivity contribution in [2.24, 2.45) is 11.7 Å². The number of carbonyl (C=O) groups excluding carboxylic acids is 1. The van der Waals surface area contributed by atoms with Crippen LogP contribution in [0.3, 0.4) is 0 Å². The summed E-state index contributed by atoms with van der Waals surface area (Å²) in [4.78, 5) is 11.5. The Morgan fingerprint density at radius 1 is 1.26 bits per heavy atom. The molecule has 3 heteroatoms. The molecule has 1 amide bonds. The molecule has 0 saturated carbocycles. The fourth-order valence-electron chi connectivity index (χ4n) is 2.87. The van der Waals surface area contributed by atoms with E-state index in [4.69, 9.17) is 5.73 Å². The molecule has 0 aromatic heterocycles. The largest absolute Gasteiger partial charge is 0.326 e. The molecule has 0 saturated heterocycles. The van der Waals surface area contributed by atoms with Crippen LogP contribution in [-0.4, -0.2) is 5.91 Å². The quantitative estimate of drug-likeness (QED) is 0.871. The van der Waals surface area contributed by atoms with Crippen molar-refractivity contribution in [3.63, 3.8) is 0 Å². The van der Waals surface area contributed by atoms with Crippen molar-refractivity contribution in [1.29, 1.82) is 0 Å². The Balaban J connectivity index is 2.25. The number of fused-ring (bicyclic) bond motifs is 1. The standard InChI is InChI=1S/C16H24N2O/c1-3-11(4-2)16(17)13-8-9-14-12(10-13)6-5-7-15(19)18-14/h8-11,16H,3-7,17H2,1-2H3,(H,18,19). The zero-order valence-corrected chi connectivity index (χ0v) is 11.9. The van der Waals surface area contributed by atoms with Gasteiger partial charge in [-0.3, -0.25) is 4.79 Å². The zero-order chi connectivity index (χ0) is 13.8.